The molecule has 4 heteroatoms. The molecular formula is C16H13NO3. The van der Waals surface area contributed by atoms with Gasteiger partial charge in [0.1, 0.15) is 5.92 Å². The molecule has 1 N–H and O–H groups in total. The molecule has 2 aromatic rings. The van der Waals surface area contributed by atoms with Gasteiger partial charge < -0.3 is 4.84 Å². The molecule has 20 heavy (non-hydrogen) atoms. The molecule has 0 radical (unpaired) electrons. The molecule has 1 fully saturated rings. The molecule has 0 amide bonds. The van der Waals surface area contributed by atoms with Gasteiger partial charge in [0.2, 0.25) is 0 Å². The Morgan fingerprint density at radius 2 is 1.55 bits per heavy atom. The molecular weight excluding hydrogens is 254 g/mol. The van der Waals surface area contributed by atoms with Crippen molar-refractivity contribution >= 4 is 11.8 Å². The summed E-state index contributed by atoms with van der Waals surface area (Å²) in [5.74, 6) is -1.61. The highest BCUT2D eigenvalue weighted by Crippen LogP contribution is 2.30. The lowest BCUT2D eigenvalue weighted by Crippen LogP contribution is -2.26. The summed E-state index contributed by atoms with van der Waals surface area (Å²) >= 11 is 0. The summed E-state index contributed by atoms with van der Waals surface area (Å²) in [4.78, 5) is 29.2. The second-order valence-corrected chi connectivity index (χ2v) is 4.64. The fourth-order valence-electron chi connectivity index (χ4n) is 2.35. The fraction of sp³-hybridized carbons (Fsp3) is 0.125. The second-order valence-electron chi connectivity index (χ2n) is 4.64. The van der Waals surface area contributed by atoms with Crippen LogP contribution < -0.4 is 5.48 Å². The number of hydrogen-bond acceptors (Lipinski definition) is 4. The first-order valence-electron chi connectivity index (χ1n) is 6.38. The smallest absolute Gasteiger partial charge is 0.337 e. The van der Waals surface area contributed by atoms with E-state index in [1.165, 1.54) is 0 Å². The third-order valence-corrected chi connectivity index (χ3v) is 3.37. The van der Waals surface area contributed by atoms with E-state index in [-0.39, 0.29) is 5.78 Å². The zero-order valence-electron chi connectivity index (χ0n) is 10.7. The summed E-state index contributed by atoms with van der Waals surface area (Å²) in [7, 11) is 0. The summed E-state index contributed by atoms with van der Waals surface area (Å²) in [6.07, 6.45) is 0. The molecule has 0 aliphatic carbocycles. The molecule has 4 nitrogen and oxygen atoms in total. The molecule has 1 saturated heterocycles. The van der Waals surface area contributed by atoms with Gasteiger partial charge in [0, 0.05) is 5.56 Å². The van der Waals surface area contributed by atoms with Gasteiger partial charge in [0.15, 0.2) is 5.78 Å². The monoisotopic (exact) mass is 267 g/mol. The number of rotatable bonds is 3. The van der Waals surface area contributed by atoms with Crippen molar-refractivity contribution in [2.24, 2.45) is 5.92 Å². The van der Waals surface area contributed by atoms with Crippen LogP contribution in [-0.4, -0.2) is 11.8 Å². The lowest BCUT2D eigenvalue weighted by Gasteiger charge is -2.14. The first kappa shape index (κ1) is 12.6. The highest BCUT2D eigenvalue weighted by Gasteiger charge is 2.43. The Hall–Kier alpha value is -2.46. The van der Waals surface area contributed by atoms with E-state index >= 15 is 0 Å². The van der Waals surface area contributed by atoms with Crippen molar-refractivity contribution in [2.75, 3.05) is 0 Å². The predicted molar refractivity (Wildman–Crippen MR) is 72.7 cm³/mol. The SMILES string of the molecule is O=C1ONC(c2ccccc2)C1C(=O)c1ccccc1. The van der Waals surface area contributed by atoms with Gasteiger partial charge in [0.25, 0.3) is 0 Å². The summed E-state index contributed by atoms with van der Waals surface area (Å²) in [5, 5.41) is 0. The third kappa shape index (κ3) is 2.21. The van der Waals surface area contributed by atoms with E-state index < -0.39 is 17.9 Å². The van der Waals surface area contributed by atoms with E-state index in [0.29, 0.717) is 5.56 Å². The topological polar surface area (TPSA) is 55.4 Å². The highest BCUT2D eigenvalue weighted by molar-refractivity contribution is 6.09. The highest BCUT2D eigenvalue weighted by atomic mass is 16.7. The Morgan fingerprint density at radius 1 is 0.950 bits per heavy atom. The van der Waals surface area contributed by atoms with Crippen LogP contribution in [0.5, 0.6) is 0 Å². The van der Waals surface area contributed by atoms with Crippen LogP contribution in [0.15, 0.2) is 60.7 Å². The van der Waals surface area contributed by atoms with Crippen LogP contribution in [0, 0.1) is 5.92 Å². The fourth-order valence-corrected chi connectivity index (χ4v) is 2.35. The van der Waals surface area contributed by atoms with E-state index in [2.05, 4.69) is 5.48 Å². The maximum Gasteiger partial charge on any atom is 0.337 e. The van der Waals surface area contributed by atoms with Crippen LogP contribution in [0.1, 0.15) is 22.0 Å². The van der Waals surface area contributed by atoms with E-state index in [1.54, 1.807) is 24.3 Å². The number of ketones is 1. The Labute approximate surface area is 116 Å². The molecule has 1 heterocycles. The number of hydrogen-bond donors (Lipinski definition) is 1. The second kappa shape index (κ2) is 5.27. The maximum absolute atomic E-state index is 12.5. The molecule has 2 aromatic carbocycles. The van der Waals surface area contributed by atoms with Gasteiger partial charge in [-0.25, -0.2) is 4.79 Å². The van der Waals surface area contributed by atoms with Crippen LogP contribution in [0.3, 0.4) is 0 Å². The summed E-state index contributed by atoms with van der Waals surface area (Å²) in [5.41, 5.74) is 4.02. The van der Waals surface area contributed by atoms with Crippen molar-refractivity contribution in [3.63, 3.8) is 0 Å². The molecule has 0 aromatic heterocycles. The molecule has 2 unspecified atom stereocenters. The van der Waals surface area contributed by atoms with Crippen molar-refractivity contribution in [3.05, 3.63) is 71.8 Å². The third-order valence-electron chi connectivity index (χ3n) is 3.37. The predicted octanol–water partition coefficient (Wildman–Crippen LogP) is 2.29. The quantitative estimate of drug-likeness (QED) is 0.684. The zero-order valence-corrected chi connectivity index (χ0v) is 10.7. The summed E-state index contributed by atoms with van der Waals surface area (Å²) in [6, 6.07) is 17.7. The Balaban J connectivity index is 1.94. The lowest BCUT2D eigenvalue weighted by molar-refractivity contribution is -0.144. The molecule has 0 spiro atoms. The molecule has 3 rings (SSSR count). The number of carbonyl (C=O) groups excluding carboxylic acids is 2. The van der Waals surface area contributed by atoms with Crippen LogP contribution in [0.25, 0.3) is 0 Å². The van der Waals surface area contributed by atoms with Gasteiger partial charge in [-0.3, -0.25) is 4.79 Å². The maximum atomic E-state index is 12.5. The van der Waals surface area contributed by atoms with Crippen molar-refractivity contribution in [1.29, 1.82) is 0 Å². The number of Topliss-reactive ketones (excluding diaryl/α,β-unsaturated/α-hetero) is 1. The van der Waals surface area contributed by atoms with Crippen molar-refractivity contribution in [3.8, 4) is 0 Å². The number of benzene rings is 2. The average Bonchev–Trinajstić information content (AvgIpc) is 2.90. The molecule has 2 atom stereocenters. The largest absolute Gasteiger partial charge is 0.369 e. The molecule has 0 bridgehead atoms. The van der Waals surface area contributed by atoms with Gasteiger partial charge in [-0.05, 0) is 5.56 Å². The Bertz CT molecular complexity index is 625. The summed E-state index contributed by atoms with van der Waals surface area (Å²) < 4.78 is 0. The van der Waals surface area contributed by atoms with Crippen LogP contribution in [0.4, 0.5) is 0 Å². The van der Waals surface area contributed by atoms with Crippen molar-refractivity contribution in [2.45, 2.75) is 6.04 Å². The minimum atomic E-state index is -0.847. The number of nitrogens with one attached hydrogen (secondary N) is 1. The minimum absolute atomic E-state index is 0.227. The zero-order chi connectivity index (χ0) is 13.9. The van der Waals surface area contributed by atoms with Gasteiger partial charge in [0.05, 0.1) is 6.04 Å². The first-order chi connectivity index (χ1) is 9.77. The normalized spacial score (nSPS) is 21.5. The van der Waals surface area contributed by atoms with Crippen LogP contribution in [-0.2, 0) is 9.63 Å². The van der Waals surface area contributed by atoms with E-state index in [9.17, 15) is 9.59 Å². The minimum Gasteiger partial charge on any atom is -0.369 e. The van der Waals surface area contributed by atoms with Gasteiger partial charge in [-0.15, -0.1) is 5.48 Å². The van der Waals surface area contributed by atoms with Crippen LogP contribution >= 0.6 is 0 Å². The Morgan fingerprint density at radius 3 is 2.20 bits per heavy atom. The average molecular weight is 267 g/mol. The van der Waals surface area contributed by atoms with Gasteiger partial charge in [-0.2, -0.15) is 0 Å². The number of carbonyl (C=O) groups is 2. The van der Waals surface area contributed by atoms with E-state index in [4.69, 9.17) is 4.84 Å². The lowest BCUT2D eigenvalue weighted by atomic mass is 9.88. The van der Waals surface area contributed by atoms with Gasteiger partial charge >= 0.3 is 5.97 Å². The standard InChI is InChI=1S/C16H13NO3/c18-15(12-9-5-2-6-10-12)13-14(17-20-16(13)19)11-7-3-1-4-8-11/h1-10,13-14,17H. The first-order valence-corrected chi connectivity index (χ1v) is 6.38. The van der Waals surface area contributed by atoms with Crippen molar-refractivity contribution in [1.82, 2.24) is 5.48 Å². The van der Waals surface area contributed by atoms with E-state index in [0.717, 1.165) is 5.56 Å². The molecule has 100 valence electrons. The Kier molecular flexibility index (Phi) is 3.31. The van der Waals surface area contributed by atoms with Gasteiger partial charge in [-0.1, -0.05) is 60.7 Å². The molecule has 1 aliphatic heterocycles. The number of hydroxylamine groups is 1. The van der Waals surface area contributed by atoms with Crippen molar-refractivity contribution < 1.29 is 14.4 Å². The van der Waals surface area contributed by atoms with E-state index in [1.807, 2.05) is 36.4 Å². The summed E-state index contributed by atoms with van der Waals surface area (Å²) in [6.45, 7) is 0. The van der Waals surface area contributed by atoms with Crippen LogP contribution in [0.2, 0.25) is 0 Å². The molecule has 1 aliphatic rings. The molecule has 0 saturated carbocycles.